The maximum Gasteiger partial charge on any atom is 0.240 e. The number of nitrogens with zero attached hydrogens (tertiary/aromatic N) is 1. The van der Waals surface area contributed by atoms with Crippen LogP contribution in [0.2, 0.25) is 5.02 Å². The number of halogens is 1. The number of nitrogens with two attached hydrogens (primary N) is 1. The average molecular weight is 526 g/mol. The summed E-state index contributed by atoms with van der Waals surface area (Å²) < 4.78 is 44.5. The van der Waals surface area contributed by atoms with E-state index in [-0.39, 0.29) is 24.0 Å². The zero-order valence-electron chi connectivity index (χ0n) is 20.5. The molecule has 3 rings (SSSR count). The molecular weight excluding hydrogens is 490 g/mol. The van der Waals surface area contributed by atoms with Crippen LogP contribution in [0.25, 0.3) is 0 Å². The Morgan fingerprint density at radius 3 is 2.46 bits per heavy atom. The fourth-order valence-corrected chi connectivity index (χ4v) is 5.56. The van der Waals surface area contributed by atoms with Crippen LogP contribution in [0.15, 0.2) is 41.3 Å². The Kier molecular flexibility index (Phi) is 10.9. The van der Waals surface area contributed by atoms with Crippen LogP contribution in [0.5, 0.6) is 0 Å². The molecule has 2 aromatic rings. The van der Waals surface area contributed by atoms with Gasteiger partial charge >= 0.3 is 0 Å². The summed E-state index contributed by atoms with van der Waals surface area (Å²) in [6, 6.07) is 11.1. The van der Waals surface area contributed by atoms with Gasteiger partial charge in [-0.3, -0.25) is 0 Å². The molecule has 1 aliphatic heterocycles. The molecule has 1 atom stereocenters. The van der Waals surface area contributed by atoms with Gasteiger partial charge in [0.2, 0.25) is 10.0 Å². The fraction of sp³-hybridized carbons (Fsp3) is 0.520. The quantitative estimate of drug-likeness (QED) is 0.365. The third-order valence-corrected chi connectivity index (χ3v) is 7.56. The molecule has 2 aromatic carbocycles. The lowest BCUT2D eigenvalue weighted by Crippen LogP contribution is -2.32. The van der Waals surface area contributed by atoms with Gasteiger partial charge in [0.05, 0.1) is 44.5 Å². The summed E-state index contributed by atoms with van der Waals surface area (Å²) in [5, 5.41) is 0.701. The van der Waals surface area contributed by atoms with E-state index in [0.717, 1.165) is 29.8 Å². The number of hydrogen-bond acceptors (Lipinski definition) is 7. The number of likely N-dealkylation sites (N-methyl/N-ethyl adjacent to an activating group) is 1. The lowest BCUT2D eigenvalue weighted by Gasteiger charge is -2.34. The van der Waals surface area contributed by atoms with Crippen molar-refractivity contribution in [3.8, 4) is 0 Å². The van der Waals surface area contributed by atoms with Gasteiger partial charge in [0, 0.05) is 37.1 Å². The first-order valence-corrected chi connectivity index (χ1v) is 13.7. The van der Waals surface area contributed by atoms with E-state index in [4.69, 9.17) is 31.5 Å². The zero-order chi connectivity index (χ0) is 25.3. The van der Waals surface area contributed by atoms with Crippen LogP contribution in [-0.4, -0.2) is 79.6 Å². The predicted molar refractivity (Wildman–Crippen MR) is 138 cm³/mol. The summed E-state index contributed by atoms with van der Waals surface area (Å²) in [5.74, 6) is 0.0420. The lowest BCUT2D eigenvalue weighted by atomic mass is 9.83. The molecule has 194 valence electrons. The Morgan fingerprint density at radius 1 is 1.06 bits per heavy atom. The highest BCUT2D eigenvalue weighted by molar-refractivity contribution is 7.89. The summed E-state index contributed by atoms with van der Waals surface area (Å²) in [5.41, 5.74) is 9.86. The first-order chi connectivity index (χ1) is 16.8. The molecule has 0 fully saturated rings. The minimum atomic E-state index is -3.67. The van der Waals surface area contributed by atoms with Crippen molar-refractivity contribution in [3.05, 3.63) is 63.7 Å². The van der Waals surface area contributed by atoms with Gasteiger partial charge in [0.1, 0.15) is 0 Å². The zero-order valence-corrected chi connectivity index (χ0v) is 22.0. The molecule has 3 N–H and O–H groups in total. The van der Waals surface area contributed by atoms with E-state index in [2.05, 4.69) is 23.6 Å². The van der Waals surface area contributed by atoms with Crippen LogP contribution >= 0.6 is 11.6 Å². The van der Waals surface area contributed by atoms with Crippen molar-refractivity contribution in [2.24, 2.45) is 5.73 Å². The minimum absolute atomic E-state index is 0.0420. The number of fused-ring (bicyclic) bond motifs is 1. The standard InChI is InChI=1S/C25H36ClN3O5S/c1-19-14-21(26)16-23-24(19)17-29(2)18-25(23)20-4-3-5-22(15-20)35(30,31)28-7-9-33-11-13-34-12-10-32-8-6-27/h3-5,14-16,25,28H,6-13,17-18,27H2,1-2H3. The fourth-order valence-electron chi connectivity index (χ4n) is 4.21. The first-order valence-electron chi connectivity index (χ1n) is 11.8. The predicted octanol–water partition coefficient (Wildman–Crippen LogP) is 2.51. The van der Waals surface area contributed by atoms with E-state index in [9.17, 15) is 8.42 Å². The molecule has 0 amide bonds. The van der Waals surface area contributed by atoms with Gasteiger partial charge in [-0.05, 0) is 60.5 Å². The van der Waals surface area contributed by atoms with Crippen LogP contribution in [0.1, 0.15) is 28.2 Å². The first kappa shape index (κ1) is 28.0. The highest BCUT2D eigenvalue weighted by atomic mass is 35.5. The number of rotatable bonds is 14. The summed E-state index contributed by atoms with van der Waals surface area (Å²) in [4.78, 5) is 2.49. The number of ether oxygens (including phenoxy) is 3. The summed E-state index contributed by atoms with van der Waals surface area (Å²) in [6.07, 6.45) is 0. The third kappa shape index (κ3) is 8.23. The SMILES string of the molecule is Cc1cc(Cl)cc2c1CN(C)CC2c1cccc(S(=O)(=O)NCCOCCOCCOCCN)c1. The highest BCUT2D eigenvalue weighted by Gasteiger charge is 2.27. The Labute approximate surface area is 213 Å². The third-order valence-electron chi connectivity index (χ3n) is 5.89. The Hall–Kier alpha value is -1.56. The number of hydrogen-bond donors (Lipinski definition) is 2. The van der Waals surface area contributed by atoms with Crippen LogP contribution < -0.4 is 10.5 Å². The monoisotopic (exact) mass is 525 g/mol. The van der Waals surface area contributed by atoms with Crippen LogP contribution in [0.4, 0.5) is 0 Å². The van der Waals surface area contributed by atoms with E-state index >= 15 is 0 Å². The van der Waals surface area contributed by atoms with Crippen molar-refractivity contribution in [1.82, 2.24) is 9.62 Å². The second-order valence-electron chi connectivity index (χ2n) is 8.64. The second kappa shape index (κ2) is 13.7. The van der Waals surface area contributed by atoms with Gasteiger partial charge < -0.3 is 24.8 Å². The molecule has 0 radical (unpaired) electrons. The molecule has 1 aliphatic rings. The van der Waals surface area contributed by atoms with E-state index in [0.29, 0.717) is 44.6 Å². The average Bonchev–Trinajstić information content (AvgIpc) is 2.82. The lowest BCUT2D eigenvalue weighted by molar-refractivity contribution is 0.0171. The topological polar surface area (TPSA) is 103 Å². The molecular formula is C25H36ClN3O5S. The summed E-state index contributed by atoms with van der Waals surface area (Å²) in [7, 11) is -1.59. The van der Waals surface area contributed by atoms with Gasteiger partial charge in [-0.15, -0.1) is 0 Å². The van der Waals surface area contributed by atoms with Crippen LogP contribution in [-0.2, 0) is 30.8 Å². The van der Waals surface area contributed by atoms with Gasteiger partial charge in [-0.1, -0.05) is 23.7 Å². The second-order valence-corrected chi connectivity index (χ2v) is 10.8. The number of benzene rings is 2. The molecule has 35 heavy (non-hydrogen) atoms. The maximum absolute atomic E-state index is 12.9. The Bertz CT molecular complexity index is 1070. The highest BCUT2D eigenvalue weighted by Crippen LogP contribution is 2.37. The van der Waals surface area contributed by atoms with Crippen molar-refractivity contribution in [2.75, 3.05) is 66.3 Å². The normalized spacial score (nSPS) is 16.4. The van der Waals surface area contributed by atoms with E-state index in [1.54, 1.807) is 18.2 Å². The molecule has 8 nitrogen and oxygen atoms in total. The van der Waals surface area contributed by atoms with Crippen molar-refractivity contribution >= 4 is 21.6 Å². The van der Waals surface area contributed by atoms with Gasteiger partial charge in [-0.2, -0.15) is 0 Å². The van der Waals surface area contributed by atoms with Gasteiger partial charge in [-0.25, -0.2) is 13.1 Å². The molecule has 0 spiro atoms. The van der Waals surface area contributed by atoms with E-state index in [1.165, 1.54) is 5.56 Å². The molecule has 0 saturated heterocycles. The number of aryl methyl sites for hydroxylation is 1. The molecule has 1 unspecified atom stereocenters. The van der Waals surface area contributed by atoms with Crippen LogP contribution in [0, 0.1) is 6.92 Å². The van der Waals surface area contributed by atoms with Gasteiger partial charge in [0.25, 0.3) is 0 Å². The maximum atomic E-state index is 12.9. The summed E-state index contributed by atoms with van der Waals surface area (Å²) >= 11 is 6.36. The molecule has 0 aromatic heterocycles. The summed E-state index contributed by atoms with van der Waals surface area (Å²) in [6.45, 7) is 6.90. The van der Waals surface area contributed by atoms with E-state index in [1.807, 2.05) is 18.2 Å². The number of sulfonamides is 1. The van der Waals surface area contributed by atoms with Crippen molar-refractivity contribution in [2.45, 2.75) is 24.3 Å². The molecule has 0 aliphatic carbocycles. The Morgan fingerprint density at radius 2 is 1.74 bits per heavy atom. The van der Waals surface area contributed by atoms with Gasteiger partial charge in [0.15, 0.2) is 0 Å². The minimum Gasteiger partial charge on any atom is -0.378 e. The Balaban J connectivity index is 1.54. The van der Waals surface area contributed by atoms with Crippen molar-refractivity contribution in [1.29, 1.82) is 0 Å². The molecule has 0 saturated carbocycles. The molecule has 0 bridgehead atoms. The molecule has 10 heteroatoms. The molecule has 1 heterocycles. The largest absolute Gasteiger partial charge is 0.378 e. The number of nitrogens with one attached hydrogen (secondary N) is 1. The van der Waals surface area contributed by atoms with Crippen LogP contribution in [0.3, 0.4) is 0 Å². The van der Waals surface area contributed by atoms with Crippen molar-refractivity contribution in [3.63, 3.8) is 0 Å². The van der Waals surface area contributed by atoms with E-state index < -0.39 is 10.0 Å². The van der Waals surface area contributed by atoms with Crippen molar-refractivity contribution < 1.29 is 22.6 Å². The smallest absolute Gasteiger partial charge is 0.240 e.